The van der Waals surface area contributed by atoms with E-state index in [1.54, 1.807) is 11.3 Å². The Hall–Kier alpha value is -2.28. The lowest BCUT2D eigenvalue weighted by molar-refractivity contribution is -0.118. The number of rotatable bonds is 5. The number of piperazine rings is 1. The molecule has 0 aliphatic carbocycles. The van der Waals surface area contributed by atoms with E-state index < -0.39 is 0 Å². The van der Waals surface area contributed by atoms with Gasteiger partial charge in [0.15, 0.2) is 0 Å². The highest BCUT2D eigenvalue weighted by Gasteiger charge is 2.24. The first-order chi connectivity index (χ1) is 13.2. The van der Waals surface area contributed by atoms with Crippen LogP contribution in [0.4, 0.5) is 5.69 Å². The van der Waals surface area contributed by atoms with E-state index in [2.05, 4.69) is 51.7 Å². The van der Waals surface area contributed by atoms with E-state index in [0.717, 1.165) is 54.2 Å². The van der Waals surface area contributed by atoms with Gasteiger partial charge in [-0.15, -0.1) is 11.3 Å². The summed E-state index contributed by atoms with van der Waals surface area (Å²) in [6.07, 6.45) is 0. The number of anilines is 1. The summed E-state index contributed by atoms with van der Waals surface area (Å²) < 4.78 is 1.08. The lowest BCUT2D eigenvalue weighted by atomic mass is 9.96. The molecule has 6 heteroatoms. The third-order valence-electron chi connectivity index (χ3n) is 5.05. The van der Waals surface area contributed by atoms with E-state index in [9.17, 15) is 4.79 Å². The van der Waals surface area contributed by atoms with Crippen LogP contribution in [0.3, 0.4) is 0 Å². The van der Waals surface area contributed by atoms with E-state index in [1.165, 1.54) is 5.56 Å². The molecule has 1 aliphatic rings. The molecule has 2 aromatic carbocycles. The standard InChI is InChI=1S/C21H24N4OS/c1-15-2-4-16(5-3-15)18(13-25-10-8-22-9-11-25)21(26)24-17-6-7-19-20(12-17)27-14-23-19/h2-7,12,14,18,22H,8-11,13H2,1H3,(H,24,26). The first kappa shape index (κ1) is 18.1. The summed E-state index contributed by atoms with van der Waals surface area (Å²) >= 11 is 1.59. The van der Waals surface area contributed by atoms with E-state index >= 15 is 0 Å². The average Bonchev–Trinajstić information content (AvgIpc) is 3.15. The van der Waals surface area contributed by atoms with Crippen LogP contribution in [0, 0.1) is 6.92 Å². The zero-order valence-corrected chi connectivity index (χ0v) is 16.3. The van der Waals surface area contributed by atoms with Crippen LogP contribution < -0.4 is 10.6 Å². The fourth-order valence-electron chi connectivity index (χ4n) is 3.45. The first-order valence-corrected chi connectivity index (χ1v) is 10.2. The number of nitrogens with one attached hydrogen (secondary N) is 2. The Balaban J connectivity index is 1.55. The fourth-order valence-corrected chi connectivity index (χ4v) is 4.17. The molecule has 1 amide bonds. The zero-order chi connectivity index (χ0) is 18.6. The largest absolute Gasteiger partial charge is 0.325 e. The number of aryl methyl sites for hydroxylation is 1. The second kappa shape index (κ2) is 8.17. The third-order valence-corrected chi connectivity index (χ3v) is 5.84. The minimum atomic E-state index is -0.194. The van der Waals surface area contributed by atoms with Crippen molar-refractivity contribution in [3.05, 3.63) is 59.1 Å². The van der Waals surface area contributed by atoms with Gasteiger partial charge in [-0.1, -0.05) is 29.8 Å². The van der Waals surface area contributed by atoms with Crippen molar-refractivity contribution >= 4 is 33.1 Å². The van der Waals surface area contributed by atoms with Gasteiger partial charge in [0.05, 0.1) is 21.6 Å². The molecular weight excluding hydrogens is 356 g/mol. The highest BCUT2D eigenvalue weighted by atomic mass is 32.1. The van der Waals surface area contributed by atoms with Crippen molar-refractivity contribution in [2.45, 2.75) is 12.8 Å². The Morgan fingerprint density at radius 1 is 1.22 bits per heavy atom. The average molecular weight is 381 g/mol. The highest BCUT2D eigenvalue weighted by molar-refractivity contribution is 7.16. The number of carbonyl (C=O) groups excluding carboxylic acids is 1. The molecule has 3 aromatic rings. The molecule has 4 rings (SSSR count). The highest BCUT2D eigenvalue weighted by Crippen LogP contribution is 2.24. The second-order valence-corrected chi connectivity index (χ2v) is 7.92. The van der Waals surface area contributed by atoms with Gasteiger partial charge in [0.2, 0.25) is 5.91 Å². The number of thiazole rings is 1. The third kappa shape index (κ3) is 4.35. The van der Waals surface area contributed by atoms with Crippen LogP contribution in [0.5, 0.6) is 0 Å². The Kier molecular flexibility index (Phi) is 5.48. The number of fused-ring (bicyclic) bond motifs is 1. The maximum Gasteiger partial charge on any atom is 0.233 e. The minimum absolute atomic E-state index is 0.0428. The monoisotopic (exact) mass is 380 g/mol. The molecule has 140 valence electrons. The van der Waals surface area contributed by atoms with Gasteiger partial charge < -0.3 is 10.6 Å². The van der Waals surface area contributed by atoms with Crippen molar-refractivity contribution in [1.82, 2.24) is 15.2 Å². The molecule has 0 spiro atoms. The first-order valence-electron chi connectivity index (χ1n) is 9.33. The Morgan fingerprint density at radius 2 is 2.00 bits per heavy atom. The van der Waals surface area contributed by atoms with Gasteiger partial charge >= 0.3 is 0 Å². The molecule has 1 atom stereocenters. The van der Waals surface area contributed by atoms with Crippen LogP contribution >= 0.6 is 11.3 Å². The number of benzene rings is 2. The number of aromatic nitrogens is 1. The van der Waals surface area contributed by atoms with Gasteiger partial charge in [-0.2, -0.15) is 0 Å². The number of hydrogen-bond donors (Lipinski definition) is 2. The number of carbonyl (C=O) groups is 1. The Morgan fingerprint density at radius 3 is 2.78 bits per heavy atom. The summed E-state index contributed by atoms with van der Waals surface area (Å²) in [6, 6.07) is 14.2. The fraction of sp³-hybridized carbons (Fsp3) is 0.333. The van der Waals surface area contributed by atoms with Crippen LogP contribution in [0.1, 0.15) is 17.0 Å². The van der Waals surface area contributed by atoms with Crippen LogP contribution in [0.15, 0.2) is 48.0 Å². The Bertz CT molecular complexity index is 915. The van der Waals surface area contributed by atoms with Crippen molar-refractivity contribution < 1.29 is 4.79 Å². The molecule has 27 heavy (non-hydrogen) atoms. The van der Waals surface area contributed by atoms with Gasteiger partial charge in [-0.3, -0.25) is 9.69 Å². The summed E-state index contributed by atoms with van der Waals surface area (Å²) in [5, 5.41) is 6.50. The summed E-state index contributed by atoms with van der Waals surface area (Å²) in [5.41, 5.74) is 5.89. The van der Waals surface area contributed by atoms with Crippen LogP contribution in [-0.2, 0) is 4.79 Å². The van der Waals surface area contributed by atoms with Crippen molar-refractivity contribution in [1.29, 1.82) is 0 Å². The van der Waals surface area contributed by atoms with E-state index in [-0.39, 0.29) is 11.8 Å². The molecule has 1 saturated heterocycles. The predicted octanol–water partition coefficient (Wildman–Crippen LogP) is 3.23. The lowest BCUT2D eigenvalue weighted by Gasteiger charge is -2.30. The van der Waals surface area contributed by atoms with Crippen molar-refractivity contribution in [3.8, 4) is 0 Å². The van der Waals surface area contributed by atoms with Gasteiger partial charge in [-0.25, -0.2) is 4.98 Å². The van der Waals surface area contributed by atoms with Gasteiger partial charge in [0.25, 0.3) is 0 Å². The van der Waals surface area contributed by atoms with E-state index in [4.69, 9.17) is 0 Å². The van der Waals surface area contributed by atoms with Gasteiger partial charge in [-0.05, 0) is 30.7 Å². The van der Waals surface area contributed by atoms with Crippen LogP contribution in [0.25, 0.3) is 10.2 Å². The summed E-state index contributed by atoms with van der Waals surface area (Å²) in [4.78, 5) is 19.8. The summed E-state index contributed by atoms with van der Waals surface area (Å²) in [5.74, 6) is -0.151. The number of hydrogen-bond acceptors (Lipinski definition) is 5. The lowest BCUT2D eigenvalue weighted by Crippen LogP contribution is -2.46. The normalized spacial score (nSPS) is 16.3. The molecule has 0 bridgehead atoms. The topological polar surface area (TPSA) is 57.3 Å². The van der Waals surface area contributed by atoms with Crippen LogP contribution in [0.2, 0.25) is 0 Å². The molecule has 1 unspecified atom stereocenters. The smallest absolute Gasteiger partial charge is 0.233 e. The van der Waals surface area contributed by atoms with Crippen molar-refractivity contribution in [2.24, 2.45) is 0 Å². The van der Waals surface area contributed by atoms with Crippen LogP contribution in [-0.4, -0.2) is 48.5 Å². The van der Waals surface area contributed by atoms with Crippen molar-refractivity contribution in [2.75, 3.05) is 38.0 Å². The number of nitrogens with zero attached hydrogens (tertiary/aromatic N) is 2. The number of amides is 1. The zero-order valence-electron chi connectivity index (χ0n) is 15.4. The predicted molar refractivity (Wildman–Crippen MR) is 111 cm³/mol. The molecule has 2 heterocycles. The summed E-state index contributed by atoms with van der Waals surface area (Å²) in [7, 11) is 0. The van der Waals surface area contributed by atoms with Crippen molar-refractivity contribution in [3.63, 3.8) is 0 Å². The minimum Gasteiger partial charge on any atom is -0.325 e. The maximum atomic E-state index is 13.2. The molecule has 1 aliphatic heterocycles. The molecule has 2 N–H and O–H groups in total. The summed E-state index contributed by atoms with van der Waals surface area (Å²) in [6.45, 7) is 6.71. The van der Waals surface area contributed by atoms with Gasteiger partial charge in [0, 0.05) is 38.4 Å². The molecule has 5 nitrogen and oxygen atoms in total. The molecule has 0 saturated carbocycles. The Labute approximate surface area is 163 Å². The molecule has 1 aromatic heterocycles. The van der Waals surface area contributed by atoms with E-state index in [0.29, 0.717) is 0 Å². The maximum absolute atomic E-state index is 13.2. The van der Waals surface area contributed by atoms with Gasteiger partial charge in [0.1, 0.15) is 0 Å². The molecular formula is C21H24N4OS. The molecule has 1 fully saturated rings. The quantitative estimate of drug-likeness (QED) is 0.714. The van der Waals surface area contributed by atoms with E-state index in [1.807, 2.05) is 23.7 Å². The second-order valence-electron chi connectivity index (χ2n) is 7.04. The molecule has 0 radical (unpaired) electrons. The SMILES string of the molecule is Cc1ccc(C(CN2CCNCC2)C(=O)Nc2ccc3ncsc3c2)cc1.